The summed E-state index contributed by atoms with van der Waals surface area (Å²) in [6.07, 6.45) is 9.66. The van der Waals surface area contributed by atoms with E-state index in [0.29, 0.717) is 17.1 Å². The highest BCUT2D eigenvalue weighted by atomic mass is 16.5. The molecule has 0 spiro atoms. The normalized spacial score (nSPS) is 14.5. The number of benzene rings is 2. The van der Waals surface area contributed by atoms with Gasteiger partial charge in [-0.05, 0) is 48.2 Å². The molecule has 2 aromatic carbocycles. The lowest BCUT2D eigenvalue weighted by Crippen LogP contribution is -2.47. The number of methoxy groups -OCH3 is 2. The molecule has 0 aliphatic heterocycles. The molecule has 8 nitrogen and oxygen atoms in total. The van der Waals surface area contributed by atoms with Crippen LogP contribution in [-0.4, -0.2) is 46.9 Å². The summed E-state index contributed by atoms with van der Waals surface area (Å²) in [5.41, 5.74) is 1.72. The number of nitrogens with one attached hydrogen (secondary N) is 1. The van der Waals surface area contributed by atoms with Crippen LogP contribution in [0.1, 0.15) is 59.8 Å². The van der Waals surface area contributed by atoms with Crippen LogP contribution in [0.15, 0.2) is 67.1 Å². The predicted octanol–water partition coefficient (Wildman–Crippen LogP) is 4.33. The van der Waals surface area contributed by atoms with Crippen molar-refractivity contribution in [1.29, 1.82) is 0 Å². The molecule has 1 aromatic heterocycles. The summed E-state index contributed by atoms with van der Waals surface area (Å²) in [5.74, 6) is 0.802. The van der Waals surface area contributed by atoms with E-state index in [-0.39, 0.29) is 30.1 Å². The highest BCUT2D eigenvalue weighted by Crippen LogP contribution is 2.28. The fourth-order valence-electron chi connectivity index (χ4n) is 4.55. The number of carbonyl (C=O) groups is 2. The summed E-state index contributed by atoms with van der Waals surface area (Å²) < 4.78 is 10.6. The zero-order valence-electron chi connectivity index (χ0n) is 20.7. The molecule has 1 heterocycles. The highest BCUT2D eigenvalue weighted by molar-refractivity contribution is 5.96. The Morgan fingerprint density at radius 1 is 0.944 bits per heavy atom. The maximum absolute atomic E-state index is 13.8. The van der Waals surface area contributed by atoms with Gasteiger partial charge in [-0.3, -0.25) is 14.6 Å². The Labute approximate surface area is 211 Å². The summed E-state index contributed by atoms with van der Waals surface area (Å²) in [7, 11) is 3.20. The minimum Gasteiger partial charge on any atom is -0.497 e. The zero-order chi connectivity index (χ0) is 25.3. The first kappa shape index (κ1) is 25.2. The first-order chi connectivity index (χ1) is 17.6. The summed E-state index contributed by atoms with van der Waals surface area (Å²) in [6, 6.07) is 13.9. The Balaban J connectivity index is 1.73. The van der Waals surface area contributed by atoms with Gasteiger partial charge in [0.2, 0.25) is 5.91 Å². The molecule has 1 unspecified atom stereocenters. The minimum atomic E-state index is -0.866. The van der Waals surface area contributed by atoms with Gasteiger partial charge in [-0.15, -0.1) is 0 Å². The van der Waals surface area contributed by atoms with Crippen LogP contribution in [0, 0.1) is 0 Å². The molecule has 2 amide bonds. The quantitative estimate of drug-likeness (QED) is 0.482. The molecule has 36 heavy (non-hydrogen) atoms. The van der Waals surface area contributed by atoms with Crippen molar-refractivity contribution in [2.24, 2.45) is 0 Å². The van der Waals surface area contributed by atoms with Gasteiger partial charge in [-0.2, -0.15) is 0 Å². The van der Waals surface area contributed by atoms with Crippen LogP contribution in [-0.2, 0) is 11.3 Å². The van der Waals surface area contributed by atoms with Crippen molar-refractivity contribution in [2.45, 2.75) is 50.7 Å². The molecule has 1 aliphatic rings. The second kappa shape index (κ2) is 12.2. The predicted molar refractivity (Wildman–Crippen MR) is 136 cm³/mol. The van der Waals surface area contributed by atoms with E-state index in [4.69, 9.17) is 9.47 Å². The fourth-order valence-corrected chi connectivity index (χ4v) is 4.55. The van der Waals surface area contributed by atoms with Crippen LogP contribution in [0.5, 0.6) is 11.5 Å². The monoisotopic (exact) mass is 488 g/mol. The Morgan fingerprint density at radius 2 is 1.58 bits per heavy atom. The Kier molecular flexibility index (Phi) is 8.49. The van der Waals surface area contributed by atoms with Gasteiger partial charge in [0.15, 0.2) is 0 Å². The lowest BCUT2D eigenvalue weighted by molar-refractivity contribution is -0.127. The van der Waals surface area contributed by atoms with Crippen LogP contribution < -0.4 is 14.8 Å². The molecule has 1 fully saturated rings. The van der Waals surface area contributed by atoms with Crippen molar-refractivity contribution in [3.05, 3.63) is 83.9 Å². The molecule has 0 bridgehead atoms. The first-order valence-corrected chi connectivity index (χ1v) is 12.2. The smallest absolute Gasteiger partial charge is 0.275 e. The van der Waals surface area contributed by atoms with E-state index in [1.807, 2.05) is 36.4 Å². The molecular weight excluding hydrogens is 456 g/mol. The Morgan fingerprint density at radius 3 is 2.17 bits per heavy atom. The third-order valence-electron chi connectivity index (χ3n) is 6.50. The number of ether oxygens (including phenoxy) is 2. The van der Waals surface area contributed by atoms with Crippen LogP contribution in [0.3, 0.4) is 0 Å². The molecular formula is C28H32N4O4. The molecule has 1 saturated carbocycles. The van der Waals surface area contributed by atoms with E-state index in [1.54, 1.807) is 31.3 Å². The second-order valence-corrected chi connectivity index (χ2v) is 8.89. The van der Waals surface area contributed by atoms with Gasteiger partial charge in [0, 0.05) is 25.0 Å². The van der Waals surface area contributed by atoms with Gasteiger partial charge >= 0.3 is 0 Å². The van der Waals surface area contributed by atoms with Crippen molar-refractivity contribution in [3.8, 4) is 11.5 Å². The number of aromatic nitrogens is 2. The summed E-state index contributed by atoms with van der Waals surface area (Å²) >= 11 is 0. The van der Waals surface area contributed by atoms with E-state index in [9.17, 15) is 9.59 Å². The maximum atomic E-state index is 13.8. The maximum Gasteiger partial charge on any atom is 0.275 e. The average molecular weight is 489 g/mol. The average Bonchev–Trinajstić information content (AvgIpc) is 2.94. The summed E-state index contributed by atoms with van der Waals surface area (Å²) in [6.45, 7) is 0.203. The number of hydrogen-bond acceptors (Lipinski definition) is 6. The Hall–Kier alpha value is -3.94. The van der Waals surface area contributed by atoms with E-state index in [1.165, 1.54) is 25.0 Å². The molecule has 1 aliphatic carbocycles. The van der Waals surface area contributed by atoms with Crippen molar-refractivity contribution < 1.29 is 19.1 Å². The van der Waals surface area contributed by atoms with Crippen molar-refractivity contribution in [1.82, 2.24) is 20.2 Å². The number of amides is 2. The molecule has 3 aromatic rings. The molecule has 1 atom stereocenters. The molecule has 0 radical (unpaired) electrons. The summed E-state index contributed by atoms with van der Waals surface area (Å²) in [5, 5.41) is 3.22. The van der Waals surface area contributed by atoms with E-state index in [2.05, 4.69) is 15.3 Å². The molecule has 188 valence electrons. The number of nitrogens with zero attached hydrogens (tertiary/aromatic N) is 3. The van der Waals surface area contributed by atoms with Crippen LogP contribution in [0.4, 0.5) is 0 Å². The second-order valence-electron chi connectivity index (χ2n) is 8.89. The van der Waals surface area contributed by atoms with Crippen molar-refractivity contribution >= 4 is 11.8 Å². The van der Waals surface area contributed by atoms with Crippen LogP contribution >= 0.6 is 0 Å². The van der Waals surface area contributed by atoms with Crippen LogP contribution in [0.2, 0.25) is 0 Å². The molecule has 0 saturated heterocycles. The van der Waals surface area contributed by atoms with Crippen molar-refractivity contribution in [2.75, 3.05) is 14.2 Å². The van der Waals surface area contributed by atoms with Gasteiger partial charge in [0.1, 0.15) is 23.2 Å². The zero-order valence-corrected chi connectivity index (χ0v) is 20.7. The summed E-state index contributed by atoms with van der Waals surface area (Å²) in [4.78, 5) is 37.5. The highest BCUT2D eigenvalue weighted by Gasteiger charge is 2.34. The number of hydrogen-bond donors (Lipinski definition) is 1. The largest absolute Gasteiger partial charge is 0.497 e. The molecule has 4 rings (SSSR count). The third kappa shape index (κ3) is 6.19. The lowest BCUT2D eigenvalue weighted by atomic mass is 9.94. The van der Waals surface area contributed by atoms with Gasteiger partial charge < -0.3 is 19.7 Å². The van der Waals surface area contributed by atoms with E-state index >= 15 is 0 Å². The van der Waals surface area contributed by atoms with Gasteiger partial charge in [0.05, 0.1) is 20.4 Å². The Bertz CT molecular complexity index is 1130. The van der Waals surface area contributed by atoms with Gasteiger partial charge in [-0.25, -0.2) is 4.98 Å². The number of rotatable bonds is 9. The fraction of sp³-hybridized carbons (Fsp3) is 0.357. The van der Waals surface area contributed by atoms with Gasteiger partial charge in [0.25, 0.3) is 5.91 Å². The third-order valence-corrected chi connectivity index (χ3v) is 6.50. The molecule has 1 N–H and O–H groups in total. The standard InChI is InChI=1S/C28H32N4O4/c1-35-23-12-8-20(9-13-23)19-32(28(34)25-18-29-16-17-30-25)26(21-10-14-24(36-2)15-11-21)27(33)31-22-6-4-3-5-7-22/h8-18,22,26H,3-7,19H2,1-2H3,(H,31,33). The SMILES string of the molecule is COc1ccc(CN(C(=O)c2cnccn2)C(C(=O)NC2CCCCC2)c2ccc(OC)cc2)cc1. The van der Waals surface area contributed by atoms with E-state index < -0.39 is 6.04 Å². The lowest BCUT2D eigenvalue weighted by Gasteiger charge is -2.33. The van der Waals surface area contributed by atoms with Crippen LogP contribution in [0.25, 0.3) is 0 Å². The van der Waals surface area contributed by atoms with Gasteiger partial charge in [-0.1, -0.05) is 43.5 Å². The first-order valence-electron chi connectivity index (χ1n) is 12.2. The van der Waals surface area contributed by atoms with Crippen molar-refractivity contribution in [3.63, 3.8) is 0 Å². The topological polar surface area (TPSA) is 93.7 Å². The number of carbonyl (C=O) groups excluding carboxylic acids is 2. The minimum absolute atomic E-state index is 0.0986. The molecule has 8 heteroatoms. The van der Waals surface area contributed by atoms with E-state index in [0.717, 1.165) is 31.2 Å².